The number of imidazole rings is 1. The molecule has 1 aliphatic rings. The highest BCUT2D eigenvalue weighted by molar-refractivity contribution is 5.70. The summed E-state index contributed by atoms with van der Waals surface area (Å²) in [5.74, 6) is 0.833. The number of hydrogen-bond donors (Lipinski definition) is 1. The van der Waals surface area contributed by atoms with Crippen molar-refractivity contribution in [2.45, 2.75) is 26.4 Å². The lowest BCUT2D eigenvalue weighted by Crippen LogP contribution is -2.34. The predicted molar refractivity (Wildman–Crippen MR) is 79.9 cm³/mol. The molecule has 0 saturated carbocycles. The van der Waals surface area contributed by atoms with Gasteiger partial charge in [0.15, 0.2) is 11.6 Å². The van der Waals surface area contributed by atoms with Gasteiger partial charge in [0, 0.05) is 37.6 Å². The summed E-state index contributed by atoms with van der Waals surface area (Å²) in [6.45, 7) is 4.80. The first-order valence-electron chi connectivity index (χ1n) is 7.16. The van der Waals surface area contributed by atoms with E-state index < -0.39 is 5.82 Å². The Labute approximate surface area is 123 Å². The number of nitrogen functional groups attached to an aromatic ring is 1. The average Bonchev–Trinajstić information content (AvgIpc) is 2.94. The zero-order valence-electron chi connectivity index (χ0n) is 12.1. The Hall–Kier alpha value is -2.24. The summed E-state index contributed by atoms with van der Waals surface area (Å²) >= 11 is 0. The molecule has 0 saturated heterocycles. The summed E-state index contributed by atoms with van der Waals surface area (Å²) in [4.78, 5) is 6.43. The van der Waals surface area contributed by atoms with Crippen molar-refractivity contribution >= 4 is 11.4 Å². The third kappa shape index (κ3) is 2.66. The van der Waals surface area contributed by atoms with Crippen LogP contribution < -0.4 is 15.4 Å². The third-order valence-electron chi connectivity index (χ3n) is 3.63. The molecule has 0 amide bonds. The second-order valence-corrected chi connectivity index (χ2v) is 5.15. The molecule has 0 aliphatic carbocycles. The lowest BCUT2D eigenvalue weighted by molar-refractivity contribution is 0.301. The summed E-state index contributed by atoms with van der Waals surface area (Å²) in [6, 6.07) is 3.03. The minimum Gasteiger partial charge on any atom is -0.490 e. The number of nitrogens with zero attached hydrogens (tertiary/aromatic N) is 3. The van der Waals surface area contributed by atoms with E-state index in [9.17, 15) is 4.39 Å². The highest BCUT2D eigenvalue weighted by atomic mass is 19.1. The number of aromatic nitrogens is 2. The molecule has 0 atom stereocenters. The SMILES string of the molecule is CCCOc1cc(N2CCn3ccnc3C2)c(N)cc1F. The van der Waals surface area contributed by atoms with E-state index in [2.05, 4.69) is 14.5 Å². The number of fused-ring (bicyclic) bond motifs is 1. The van der Waals surface area contributed by atoms with E-state index in [1.165, 1.54) is 6.07 Å². The zero-order valence-corrected chi connectivity index (χ0v) is 12.1. The van der Waals surface area contributed by atoms with Gasteiger partial charge in [0.25, 0.3) is 0 Å². The highest BCUT2D eigenvalue weighted by Crippen LogP contribution is 2.33. The molecule has 1 aromatic carbocycles. The van der Waals surface area contributed by atoms with Gasteiger partial charge >= 0.3 is 0 Å². The fourth-order valence-electron chi connectivity index (χ4n) is 2.53. The summed E-state index contributed by atoms with van der Waals surface area (Å²) in [5.41, 5.74) is 7.21. The molecule has 5 nitrogen and oxygen atoms in total. The molecule has 21 heavy (non-hydrogen) atoms. The molecule has 3 rings (SSSR count). The van der Waals surface area contributed by atoms with Crippen molar-refractivity contribution in [2.24, 2.45) is 0 Å². The predicted octanol–water partition coefficient (Wildman–Crippen LogP) is 2.41. The minimum absolute atomic E-state index is 0.259. The maximum Gasteiger partial charge on any atom is 0.167 e. The van der Waals surface area contributed by atoms with Crippen LogP contribution in [0.25, 0.3) is 0 Å². The summed E-state index contributed by atoms with van der Waals surface area (Å²) in [7, 11) is 0. The van der Waals surface area contributed by atoms with E-state index in [1.807, 2.05) is 13.1 Å². The van der Waals surface area contributed by atoms with Crippen molar-refractivity contribution in [3.63, 3.8) is 0 Å². The molecule has 2 aromatic rings. The van der Waals surface area contributed by atoms with E-state index in [1.54, 1.807) is 12.3 Å². The van der Waals surface area contributed by atoms with Crippen molar-refractivity contribution in [2.75, 3.05) is 23.8 Å². The van der Waals surface area contributed by atoms with Crippen LogP contribution in [0, 0.1) is 5.82 Å². The Balaban J connectivity index is 1.88. The van der Waals surface area contributed by atoms with Crippen LogP contribution in [-0.4, -0.2) is 22.7 Å². The summed E-state index contributed by atoms with van der Waals surface area (Å²) in [5, 5.41) is 0. The van der Waals surface area contributed by atoms with Crippen LogP contribution >= 0.6 is 0 Å². The second-order valence-electron chi connectivity index (χ2n) is 5.15. The lowest BCUT2D eigenvalue weighted by atomic mass is 10.2. The maximum atomic E-state index is 13.9. The molecule has 0 bridgehead atoms. The standard InChI is InChI=1S/C15H19FN4O/c1-2-7-21-14-9-13(12(17)8-11(14)16)20-6-5-19-4-3-18-15(19)10-20/h3-4,8-9H,2,5-7,10,17H2,1H3. The first-order chi connectivity index (χ1) is 10.2. The molecular formula is C15H19FN4O. The van der Waals surface area contributed by atoms with Gasteiger partial charge in [-0.1, -0.05) is 6.92 Å². The van der Waals surface area contributed by atoms with Crippen molar-refractivity contribution in [1.29, 1.82) is 0 Å². The van der Waals surface area contributed by atoms with E-state index in [-0.39, 0.29) is 5.75 Å². The van der Waals surface area contributed by atoms with Crippen LogP contribution in [0.5, 0.6) is 5.75 Å². The number of benzene rings is 1. The Kier molecular flexibility index (Phi) is 3.68. The fourth-order valence-corrected chi connectivity index (χ4v) is 2.53. The average molecular weight is 290 g/mol. The monoisotopic (exact) mass is 290 g/mol. The Bertz CT molecular complexity index is 641. The number of ether oxygens (including phenoxy) is 1. The van der Waals surface area contributed by atoms with Gasteiger partial charge in [-0.15, -0.1) is 0 Å². The van der Waals surface area contributed by atoms with Crippen molar-refractivity contribution in [1.82, 2.24) is 9.55 Å². The lowest BCUT2D eigenvalue weighted by Gasteiger charge is -2.30. The van der Waals surface area contributed by atoms with Gasteiger partial charge in [0.2, 0.25) is 0 Å². The van der Waals surface area contributed by atoms with Crippen molar-refractivity contribution in [3.05, 3.63) is 36.2 Å². The normalized spacial score (nSPS) is 14.1. The Morgan fingerprint density at radius 1 is 1.38 bits per heavy atom. The topological polar surface area (TPSA) is 56.3 Å². The quantitative estimate of drug-likeness (QED) is 0.879. The van der Waals surface area contributed by atoms with Crippen LogP contribution in [0.4, 0.5) is 15.8 Å². The number of nitrogens with two attached hydrogens (primary N) is 1. The van der Waals surface area contributed by atoms with E-state index in [4.69, 9.17) is 10.5 Å². The van der Waals surface area contributed by atoms with Crippen molar-refractivity contribution in [3.8, 4) is 5.75 Å². The molecule has 1 aliphatic heterocycles. The molecule has 112 valence electrons. The molecule has 2 heterocycles. The smallest absolute Gasteiger partial charge is 0.167 e. The van der Waals surface area contributed by atoms with Crippen molar-refractivity contribution < 1.29 is 9.13 Å². The largest absolute Gasteiger partial charge is 0.490 e. The summed E-state index contributed by atoms with van der Waals surface area (Å²) < 4.78 is 21.4. The van der Waals surface area contributed by atoms with Crippen LogP contribution in [0.2, 0.25) is 0 Å². The van der Waals surface area contributed by atoms with Gasteiger partial charge in [-0.2, -0.15) is 0 Å². The summed E-state index contributed by atoms with van der Waals surface area (Å²) in [6.07, 6.45) is 4.60. The molecule has 0 fully saturated rings. The molecule has 1 aromatic heterocycles. The van der Waals surface area contributed by atoms with Gasteiger partial charge in [-0.25, -0.2) is 9.37 Å². The Morgan fingerprint density at radius 2 is 2.24 bits per heavy atom. The molecule has 2 N–H and O–H groups in total. The van der Waals surface area contributed by atoms with Gasteiger partial charge in [-0.3, -0.25) is 0 Å². The van der Waals surface area contributed by atoms with E-state index in [0.29, 0.717) is 18.8 Å². The van der Waals surface area contributed by atoms with Crippen LogP contribution in [0.3, 0.4) is 0 Å². The number of halogens is 1. The van der Waals surface area contributed by atoms with Gasteiger partial charge in [0.05, 0.1) is 24.5 Å². The first kappa shape index (κ1) is 13.7. The van der Waals surface area contributed by atoms with Crippen LogP contribution in [0.15, 0.2) is 24.5 Å². The number of hydrogen-bond acceptors (Lipinski definition) is 4. The second kappa shape index (κ2) is 5.63. The molecule has 0 radical (unpaired) electrons. The number of anilines is 2. The van der Waals surface area contributed by atoms with Gasteiger partial charge < -0.3 is 19.9 Å². The molecular weight excluding hydrogens is 271 g/mol. The van der Waals surface area contributed by atoms with E-state index >= 15 is 0 Å². The fraction of sp³-hybridized carbons (Fsp3) is 0.400. The number of rotatable bonds is 4. The van der Waals surface area contributed by atoms with E-state index in [0.717, 1.165) is 31.0 Å². The highest BCUT2D eigenvalue weighted by Gasteiger charge is 2.20. The maximum absolute atomic E-state index is 13.9. The minimum atomic E-state index is -0.414. The van der Waals surface area contributed by atoms with Crippen LogP contribution in [-0.2, 0) is 13.1 Å². The molecule has 6 heteroatoms. The first-order valence-corrected chi connectivity index (χ1v) is 7.16. The zero-order chi connectivity index (χ0) is 14.8. The third-order valence-corrected chi connectivity index (χ3v) is 3.63. The van der Waals surface area contributed by atoms with Gasteiger partial charge in [0.1, 0.15) is 5.82 Å². The van der Waals surface area contributed by atoms with Gasteiger partial charge in [-0.05, 0) is 6.42 Å². The Morgan fingerprint density at radius 3 is 3.05 bits per heavy atom. The van der Waals surface area contributed by atoms with Crippen LogP contribution in [0.1, 0.15) is 19.2 Å². The molecule has 0 spiro atoms. The molecule has 0 unspecified atom stereocenters.